The summed E-state index contributed by atoms with van der Waals surface area (Å²) >= 11 is 0. The Hall–Kier alpha value is -1.53. The fraction of sp³-hybridized carbons (Fsp3) is 0.471. The van der Waals surface area contributed by atoms with E-state index in [2.05, 4.69) is 0 Å². The van der Waals surface area contributed by atoms with Crippen LogP contribution in [0.4, 0.5) is 13.2 Å². The van der Waals surface area contributed by atoms with Crippen LogP contribution in [0.25, 0.3) is 6.08 Å². The van der Waals surface area contributed by atoms with E-state index in [1.807, 2.05) is 6.92 Å². The minimum atomic E-state index is -4.38. The molecule has 2 atom stereocenters. The van der Waals surface area contributed by atoms with Gasteiger partial charge in [0, 0.05) is 25.2 Å². The third-order valence-corrected chi connectivity index (χ3v) is 4.15. The van der Waals surface area contributed by atoms with Crippen LogP contribution in [-0.4, -0.2) is 29.9 Å². The minimum Gasteiger partial charge on any atom is -0.339 e. The van der Waals surface area contributed by atoms with Crippen LogP contribution in [0.1, 0.15) is 30.9 Å². The largest absolute Gasteiger partial charge is 0.416 e. The van der Waals surface area contributed by atoms with Gasteiger partial charge in [-0.2, -0.15) is 13.2 Å². The lowest BCUT2D eigenvalue weighted by Gasteiger charge is -2.34. The lowest BCUT2D eigenvalue weighted by atomic mass is 9.92. The van der Waals surface area contributed by atoms with E-state index in [4.69, 9.17) is 5.73 Å². The highest BCUT2D eigenvalue weighted by atomic mass is 35.5. The fourth-order valence-electron chi connectivity index (χ4n) is 2.73. The zero-order valence-corrected chi connectivity index (χ0v) is 14.2. The smallest absolute Gasteiger partial charge is 0.339 e. The minimum absolute atomic E-state index is 0. The topological polar surface area (TPSA) is 46.3 Å². The molecule has 3 nitrogen and oxygen atoms in total. The molecule has 7 heteroatoms. The predicted molar refractivity (Wildman–Crippen MR) is 90.7 cm³/mol. The number of hydrogen-bond donors (Lipinski definition) is 1. The normalized spacial score (nSPS) is 19.9. The van der Waals surface area contributed by atoms with Crippen molar-refractivity contribution in [2.24, 2.45) is 11.7 Å². The molecule has 0 spiro atoms. The molecular formula is C17H22ClF3N2O. The molecule has 24 heavy (non-hydrogen) atoms. The molecule has 1 saturated heterocycles. The summed E-state index contributed by atoms with van der Waals surface area (Å²) in [5.74, 6) is 0.0856. The molecule has 1 heterocycles. The molecule has 2 unspecified atom stereocenters. The molecule has 2 N–H and O–H groups in total. The molecule has 0 saturated carbocycles. The van der Waals surface area contributed by atoms with E-state index >= 15 is 0 Å². The van der Waals surface area contributed by atoms with Crippen molar-refractivity contribution in [3.63, 3.8) is 0 Å². The summed E-state index contributed by atoms with van der Waals surface area (Å²) in [7, 11) is 0. The Kier molecular flexibility index (Phi) is 7.29. The number of halogens is 4. The number of alkyl halides is 3. The van der Waals surface area contributed by atoms with Gasteiger partial charge in [0.15, 0.2) is 0 Å². The molecule has 0 aliphatic carbocycles. The Morgan fingerprint density at radius 3 is 2.75 bits per heavy atom. The Balaban J connectivity index is 0.00000288. The second-order valence-electron chi connectivity index (χ2n) is 6.00. The molecule has 0 aromatic heterocycles. The number of likely N-dealkylation sites (tertiary alicyclic amines) is 1. The Labute approximate surface area is 146 Å². The molecule has 1 aromatic rings. The fourth-order valence-corrected chi connectivity index (χ4v) is 2.73. The summed E-state index contributed by atoms with van der Waals surface area (Å²) in [6, 6.07) is 4.94. The van der Waals surface area contributed by atoms with Crippen LogP contribution in [0.5, 0.6) is 0 Å². The van der Waals surface area contributed by atoms with E-state index in [0.717, 1.165) is 25.0 Å². The van der Waals surface area contributed by atoms with Crippen LogP contribution >= 0.6 is 12.4 Å². The van der Waals surface area contributed by atoms with Gasteiger partial charge in [0.05, 0.1) is 5.56 Å². The first-order valence-electron chi connectivity index (χ1n) is 7.67. The lowest BCUT2D eigenvalue weighted by Crippen LogP contribution is -2.44. The van der Waals surface area contributed by atoms with Crippen molar-refractivity contribution in [2.75, 3.05) is 13.1 Å². The summed E-state index contributed by atoms with van der Waals surface area (Å²) in [6.07, 6.45) is 0.269. The molecule has 0 bridgehead atoms. The van der Waals surface area contributed by atoms with E-state index < -0.39 is 11.7 Å². The molecule has 1 fully saturated rings. The van der Waals surface area contributed by atoms with Crippen LogP contribution in [-0.2, 0) is 11.0 Å². The highest BCUT2D eigenvalue weighted by Crippen LogP contribution is 2.29. The number of piperidine rings is 1. The van der Waals surface area contributed by atoms with Crippen molar-refractivity contribution in [1.29, 1.82) is 0 Å². The average Bonchev–Trinajstić information content (AvgIpc) is 2.52. The summed E-state index contributed by atoms with van der Waals surface area (Å²) in [5.41, 5.74) is 5.52. The third-order valence-electron chi connectivity index (χ3n) is 4.15. The monoisotopic (exact) mass is 362 g/mol. The number of amides is 1. The van der Waals surface area contributed by atoms with Crippen molar-refractivity contribution in [3.8, 4) is 0 Å². The SMILES string of the molecule is CC(N)C1CCCN(C(=O)C=Cc2cccc(C(F)(F)F)c2)C1.Cl. The number of hydrogen-bond acceptors (Lipinski definition) is 2. The van der Waals surface area contributed by atoms with E-state index in [0.29, 0.717) is 18.7 Å². The zero-order valence-electron chi connectivity index (χ0n) is 13.4. The molecule has 2 rings (SSSR count). The van der Waals surface area contributed by atoms with E-state index in [-0.39, 0.29) is 30.3 Å². The van der Waals surface area contributed by atoms with E-state index in [9.17, 15) is 18.0 Å². The van der Waals surface area contributed by atoms with Gasteiger partial charge in [-0.25, -0.2) is 0 Å². The number of benzene rings is 1. The first-order valence-corrected chi connectivity index (χ1v) is 7.67. The van der Waals surface area contributed by atoms with Crippen molar-refractivity contribution in [2.45, 2.75) is 32.0 Å². The first-order chi connectivity index (χ1) is 10.8. The second-order valence-corrected chi connectivity index (χ2v) is 6.00. The quantitative estimate of drug-likeness (QED) is 0.833. The van der Waals surface area contributed by atoms with Gasteiger partial charge in [0.2, 0.25) is 5.91 Å². The van der Waals surface area contributed by atoms with Gasteiger partial charge in [-0.15, -0.1) is 12.4 Å². The van der Waals surface area contributed by atoms with E-state index in [1.165, 1.54) is 18.2 Å². The van der Waals surface area contributed by atoms with Crippen molar-refractivity contribution in [3.05, 3.63) is 41.5 Å². The van der Waals surface area contributed by atoms with Crippen LogP contribution in [0.15, 0.2) is 30.3 Å². The molecule has 1 aliphatic rings. The number of carbonyl (C=O) groups is 1. The molecule has 1 aromatic carbocycles. The maximum atomic E-state index is 12.7. The standard InChI is InChI=1S/C17H21F3N2O.ClH/c1-12(21)14-5-3-9-22(11-14)16(23)8-7-13-4-2-6-15(10-13)17(18,19)20;/h2,4,6-8,10,12,14H,3,5,9,11,21H2,1H3;1H. The van der Waals surface area contributed by atoms with Gasteiger partial charge in [-0.05, 0) is 49.5 Å². The molecule has 1 amide bonds. The summed E-state index contributed by atoms with van der Waals surface area (Å²) < 4.78 is 38.0. The summed E-state index contributed by atoms with van der Waals surface area (Å²) in [4.78, 5) is 13.9. The van der Waals surface area contributed by atoms with Crippen LogP contribution < -0.4 is 5.73 Å². The Morgan fingerprint density at radius 2 is 2.12 bits per heavy atom. The predicted octanol–water partition coefficient (Wildman–Crippen LogP) is 3.73. The van der Waals surface area contributed by atoms with Gasteiger partial charge in [0.1, 0.15) is 0 Å². The highest BCUT2D eigenvalue weighted by Gasteiger charge is 2.30. The molecule has 134 valence electrons. The summed E-state index contributed by atoms with van der Waals surface area (Å²) in [6.45, 7) is 3.19. The van der Waals surface area contributed by atoms with Gasteiger partial charge >= 0.3 is 6.18 Å². The zero-order chi connectivity index (χ0) is 17.0. The molecule has 0 radical (unpaired) electrons. The number of nitrogens with zero attached hydrogens (tertiary/aromatic N) is 1. The maximum Gasteiger partial charge on any atom is 0.416 e. The summed E-state index contributed by atoms with van der Waals surface area (Å²) in [5, 5.41) is 0. The van der Waals surface area contributed by atoms with Gasteiger partial charge < -0.3 is 10.6 Å². The number of nitrogens with two attached hydrogens (primary N) is 1. The Bertz CT molecular complexity index is 587. The van der Waals surface area contributed by atoms with Gasteiger partial charge in [-0.1, -0.05) is 12.1 Å². The van der Waals surface area contributed by atoms with Crippen LogP contribution in [0, 0.1) is 5.92 Å². The van der Waals surface area contributed by atoms with Crippen molar-refractivity contribution in [1.82, 2.24) is 4.90 Å². The number of carbonyl (C=O) groups excluding carboxylic acids is 1. The third kappa shape index (κ3) is 5.53. The van der Waals surface area contributed by atoms with Gasteiger partial charge in [-0.3, -0.25) is 4.79 Å². The lowest BCUT2D eigenvalue weighted by molar-refractivity contribution is -0.137. The van der Waals surface area contributed by atoms with Crippen LogP contribution in [0.2, 0.25) is 0 Å². The molecule has 1 aliphatic heterocycles. The van der Waals surface area contributed by atoms with E-state index in [1.54, 1.807) is 11.0 Å². The van der Waals surface area contributed by atoms with Crippen LogP contribution in [0.3, 0.4) is 0 Å². The molecular weight excluding hydrogens is 341 g/mol. The second kappa shape index (κ2) is 8.53. The Morgan fingerprint density at radius 1 is 1.42 bits per heavy atom. The average molecular weight is 363 g/mol. The highest BCUT2D eigenvalue weighted by molar-refractivity contribution is 5.91. The van der Waals surface area contributed by atoms with Crippen molar-refractivity contribution < 1.29 is 18.0 Å². The van der Waals surface area contributed by atoms with Gasteiger partial charge in [0.25, 0.3) is 0 Å². The maximum absolute atomic E-state index is 12.7. The first kappa shape index (κ1) is 20.5. The number of rotatable bonds is 3. The van der Waals surface area contributed by atoms with Crippen molar-refractivity contribution >= 4 is 24.4 Å².